The molecule has 0 aromatic rings. The first-order chi connectivity index (χ1) is 9.61. The first-order valence-electron chi connectivity index (χ1n) is 6.98. The van der Waals surface area contributed by atoms with Crippen LogP contribution in [0, 0.1) is 11.3 Å². The molecule has 2 fully saturated rings. The number of carbonyl (C=O) groups is 2. The monoisotopic (exact) mass is 280 g/mol. The smallest absolute Gasteiger partial charge is 0.320 e. The van der Waals surface area contributed by atoms with Crippen LogP contribution >= 0.6 is 0 Å². The van der Waals surface area contributed by atoms with E-state index in [0.717, 1.165) is 12.8 Å². The van der Waals surface area contributed by atoms with Gasteiger partial charge in [0.25, 0.3) is 0 Å². The second kappa shape index (κ2) is 6.57. The fourth-order valence-electron chi connectivity index (χ4n) is 2.46. The molecule has 1 saturated heterocycles. The molecule has 0 unspecified atom stereocenters. The molecule has 1 saturated carbocycles. The van der Waals surface area contributed by atoms with Gasteiger partial charge in [-0.2, -0.15) is 5.26 Å². The maximum atomic E-state index is 12.4. The summed E-state index contributed by atoms with van der Waals surface area (Å²) in [4.78, 5) is 28.5. The fourth-order valence-corrected chi connectivity index (χ4v) is 2.46. The molecule has 2 rings (SSSR count). The van der Waals surface area contributed by atoms with Crippen molar-refractivity contribution in [1.29, 1.82) is 5.26 Å². The molecule has 0 atom stereocenters. The molecule has 0 aromatic heterocycles. The lowest BCUT2D eigenvalue weighted by molar-refractivity contribution is -0.138. The molecule has 7 heteroatoms. The summed E-state index contributed by atoms with van der Waals surface area (Å²) in [7, 11) is 0. The predicted octanol–water partition coefficient (Wildman–Crippen LogP) is 0.187. The van der Waals surface area contributed by atoms with Crippen molar-refractivity contribution in [2.45, 2.75) is 25.3 Å². The van der Waals surface area contributed by atoms with E-state index in [9.17, 15) is 9.59 Å². The van der Waals surface area contributed by atoms with E-state index in [-0.39, 0.29) is 12.6 Å². The Morgan fingerprint density at radius 1 is 1.25 bits per heavy atom. The Bertz CT molecular complexity index is 408. The van der Waals surface area contributed by atoms with Crippen LogP contribution in [-0.2, 0) is 4.79 Å². The molecule has 110 valence electrons. The van der Waals surface area contributed by atoms with Gasteiger partial charge in [-0.3, -0.25) is 9.69 Å². The van der Waals surface area contributed by atoms with Crippen LogP contribution in [0.25, 0.3) is 0 Å². The Morgan fingerprint density at radius 2 is 1.90 bits per heavy atom. The number of aliphatic carboxylic acids is 1. The Hall–Kier alpha value is -1.81. The highest BCUT2D eigenvalue weighted by Gasteiger charge is 2.35. The van der Waals surface area contributed by atoms with Crippen LogP contribution < -0.4 is 0 Å². The lowest BCUT2D eigenvalue weighted by atomic mass is 10.3. The van der Waals surface area contributed by atoms with Crippen molar-refractivity contribution < 1.29 is 14.7 Å². The van der Waals surface area contributed by atoms with E-state index in [0.29, 0.717) is 45.2 Å². The number of carbonyl (C=O) groups excluding carboxylic acids is 1. The van der Waals surface area contributed by atoms with Crippen LogP contribution in [0.4, 0.5) is 4.79 Å². The van der Waals surface area contributed by atoms with Gasteiger partial charge in [0.1, 0.15) is 0 Å². The van der Waals surface area contributed by atoms with Crippen LogP contribution in [0.2, 0.25) is 0 Å². The Morgan fingerprint density at radius 3 is 2.40 bits per heavy atom. The van der Waals surface area contributed by atoms with Crippen molar-refractivity contribution in [2.24, 2.45) is 0 Å². The summed E-state index contributed by atoms with van der Waals surface area (Å²) in [6.45, 7) is 2.82. The second-order valence-corrected chi connectivity index (χ2v) is 5.27. The van der Waals surface area contributed by atoms with Crippen molar-refractivity contribution in [2.75, 3.05) is 39.3 Å². The average Bonchev–Trinajstić information content (AvgIpc) is 3.24. The van der Waals surface area contributed by atoms with Gasteiger partial charge in [0.05, 0.1) is 19.0 Å². The third kappa shape index (κ3) is 3.84. The van der Waals surface area contributed by atoms with Crippen LogP contribution in [0.5, 0.6) is 0 Å². The highest BCUT2D eigenvalue weighted by Crippen LogP contribution is 2.28. The van der Waals surface area contributed by atoms with Crippen LogP contribution in [-0.4, -0.2) is 77.1 Å². The van der Waals surface area contributed by atoms with Crippen molar-refractivity contribution in [3.8, 4) is 6.07 Å². The normalized spacial score (nSPS) is 19.4. The highest BCUT2D eigenvalue weighted by atomic mass is 16.4. The van der Waals surface area contributed by atoms with Gasteiger partial charge in [0.15, 0.2) is 0 Å². The Labute approximate surface area is 118 Å². The molecule has 0 aromatic carbocycles. The van der Waals surface area contributed by atoms with Crippen molar-refractivity contribution >= 4 is 12.0 Å². The number of hydrogen-bond donors (Lipinski definition) is 1. The van der Waals surface area contributed by atoms with E-state index >= 15 is 0 Å². The number of nitrogens with zero attached hydrogens (tertiary/aromatic N) is 4. The molecule has 0 spiro atoms. The molecular formula is C13H20N4O3. The number of piperazine rings is 1. The van der Waals surface area contributed by atoms with E-state index in [1.54, 1.807) is 9.80 Å². The van der Waals surface area contributed by atoms with E-state index in [1.807, 2.05) is 4.90 Å². The maximum absolute atomic E-state index is 12.4. The van der Waals surface area contributed by atoms with Gasteiger partial charge in [0, 0.05) is 38.8 Å². The topological polar surface area (TPSA) is 87.9 Å². The molecule has 1 aliphatic carbocycles. The van der Waals surface area contributed by atoms with E-state index in [2.05, 4.69) is 6.07 Å². The molecular weight excluding hydrogens is 260 g/mol. The minimum absolute atomic E-state index is 0.00211. The maximum Gasteiger partial charge on any atom is 0.320 e. The number of hydrogen-bond acceptors (Lipinski definition) is 4. The minimum Gasteiger partial charge on any atom is -0.480 e. The van der Waals surface area contributed by atoms with E-state index in [1.165, 1.54) is 0 Å². The fraction of sp³-hybridized carbons (Fsp3) is 0.769. The standard InChI is InChI=1S/C13H20N4O3/c14-4-1-5-17(11-2-3-11)13(20)16-8-6-15(7-9-16)10-12(18)19/h11H,1-3,5-10H2,(H,18,19). The molecule has 7 nitrogen and oxygen atoms in total. The highest BCUT2D eigenvalue weighted by molar-refractivity contribution is 5.75. The molecule has 20 heavy (non-hydrogen) atoms. The molecule has 2 amide bonds. The Kier molecular flexibility index (Phi) is 4.79. The molecule has 2 aliphatic rings. The summed E-state index contributed by atoms with van der Waals surface area (Å²) in [5, 5.41) is 17.4. The zero-order valence-corrected chi connectivity index (χ0v) is 11.5. The van der Waals surface area contributed by atoms with Gasteiger partial charge in [-0.05, 0) is 12.8 Å². The van der Waals surface area contributed by atoms with Gasteiger partial charge in [-0.1, -0.05) is 0 Å². The number of rotatable bonds is 5. The quantitative estimate of drug-likeness (QED) is 0.776. The van der Waals surface area contributed by atoms with Crippen molar-refractivity contribution in [3.05, 3.63) is 0 Å². The van der Waals surface area contributed by atoms with Gasteiger partial charge >= 0.3 is 12.0 Å². The molecule has 1 N–H and O–H groups in total. The van der Waals surface area contributed by atoms with Crippen molar-refractivity contribution in [1.82, 2.24) is 14.7 Å². The number of amides is 2. The number of urea groups is 1. The SMILES string of the molecule is N#CCCN(C(=O)N1CCN(CC(=O)O)CC1)C1CC1. The van der Waals surface area contributed by atoms with Crippen molar-refractivity contribution in [3.63, 3.8) is 0 Å². The summed E-state index contributed by atoms with van der Waals surface area (Å²) in [5.74, 6) is -0.835. The lowest BCUT2D eigenvalue weighted by Gasteiger charge is -2.37. The largest absolute Gasteiger partial charge is 0.480 e. The second-order valence-electron chi connectivity index (χ2n) is 5.27. The van der Waals surface area contributed by atoms with Gasteiger partial charge in [-0.15, -0.1) is 0 Å². The third-order valence-corrected chi connectivity index (χ3v) is 3.70. The van der Waals surface area contributed by atoms with Crippen LogP contribution in [0.15, 0.2) is 0 Å². The summed E-state index contributed by atoms with van der Waals surface area (Å²) >= 11 is 0. The first kappa shape index (κ1) is 14.6. The summed E-state index contributed by atoms with van der Waals surface area (Å²) in [5.41, 5.74) is 0. The summed E-state index contributed by atoms with van der Waals surface area (Å²) in [6.07, 6.45) is 2.41. The van der Waals surface area contributed by atoms with Crippen LogP contribution in [0.1, 0.15) is 19.3 Å². The average molecular weight is 280 g/mol. The zero-order valence-electron chi connectivity index (χ0n) is 11.5. The molecule has 1 aliphatic heterocycles. The molecule has 0 radical (unpaired) electrons. The molecule has 0 bridgehead atoms. The Balaban J connectivity index is 1.83. The van der Waals surface area contributed by atoms with E-state index in [4.69, 9.17) is 10.4 Å². The van der Waals surface area contributed by atoms with Gasteiger partial charge in [0.2, 0.25) is 0 Å². The van der Waals surface area contributed by atoms with E-state index < -0.39 is 5.97 Å². The zero-order chi connectivity index (χ0) is 14.5. The number of carboxylic acid groups (broad SMARTS) is 1. The predicted molar refractivity (Wildman–Crippen MR) is 71.0 cm³/mol. The van der Waals surface area contributed by atoms with Gasteiger partial charge < -0.3 is 14.9 Å². The summed E-state index contributed by atoms with van der Waals surface area (Å²) in [6, 6.07) is 2.38. The third-order valence-electron chi connectivity index (χ3n) is 3.70. The van der Waals surface area contributed by atoms with Crippen LogP contribution in [0.3, 0.4) is 0 Å². The summed E-state index contributed by atoms with van der Waals surface area (Å²) < 4.78 is 0. The first-order valence-corrected chi connectivity index (χ1v) is 6.98. The number of nitriles is 1. The lowest BCUT2D eigenvalue weighted by Crippen LogP contribution is -2.54. The van der Waals surface area contributed by atoms with Gasteiger partial charge in [-0.25, -0.2) is 4.79 Å². The minimum atomic E-state index is -0.835. The molecule has 1 heterocycles. The number of carboxylic acids is 1.